The first kappa shape index (κ1) is 15.3. The van der Waals surface area contributed by atoms with Gasteiger partial charge in [0.2, 0.25) is 0 Å². The van der Waals surface area contributed by atoms with Crippen LogP contribution in [0.4, 0.5) is 0 Å². The second-order valence-corrected chi connectivity index (χ2v) is 4.30. The van der Waals surface area contributed by atoms with E-state index in [2.05, 4.69) is 5.32 Å². The molecule has 2 unspecified atom stereocenters. The van der Waals surface area contributed by atoms with E-state index in [1.807, 2.05) is 0 Å². The first-order valence-electron chi connectivity index (χ1n) is 5.48. The molecule has 1 rings (SSSR count). The smallest absolute Gasteiger partial charge is 0.328 e. The lowest BCUT2D eigenvalue weighted by atomic mass is 10.2. The predicted molar refractivity (Wildman–Crippen MR) is 68.2 cm³/mol. The van der Waals surface area contributed by atoms with Gasteiger partial charge < -0.3 is 20.3 Å². The van der Waals surface area contributed by atoms with Gasteiger partial charge in [-0.3, -0.25) is 4.79 Å². The van der Waals surface area contributed by atoms with Gasteiger partial charge in [-0.25, -0.2) is 4.79 Å². The van der Waals surface area contributed by atoms with Gasteiger partial charge in [-0.1, -0.05) is 11.6 Å². The molecule has 0 aliphatic heterocycles. The summed E-state index contributed by atoms with van der Waals surface area (Å²) in [7, 11) is 0. The van der Waals surface area contributed by atoms with E-state index in [-0.39, 0.29) is 6.61 Å². The highest BCUT2D eigenvalue weighted by Crippen LogP contribution is 2.15. The molecule has 2 atom stereocenters. The summed E-state index contributed by atoms with van der Waals surface area (Å²) in [6.07, 6.45) is -1.20. The second-order valence-electron chi connectivity index (χ2n) is 3.87. The Labute approximate surface area is 114 Å². The van der Waals surface area contributed by atoms with E-state index in [0.29, 0.717) is 10.8 Å². The van der Waals surface area contributed by atoms with Gasteiger partial charge in [0, 0.05) is 5.02 Å². The summed E-state index contributed by atoms with van der Waals surface area (Å²) < 4.78 is 5.14. The number of aliphatic hydroxyl groups is 1. The zero-order valence-electron chi connectivity index (χ0n) is 10.2. The SMILES string of the molecule is CC(O)C(NC(=O)COc1ccc(Cl)cc1)C(=O)O. The van der Waals surface area contributed by atoms with Crippen molar-refractivity contribution in [2.24, 2.45) is 0 Å². The number of halogens is 1. The van der Waals surface area contributed by atoms with Gasteiger partial charge in [0.05, 0.1) is 6.10 Å². The monoisotopic (exact) mass is 287 g/mol. The maximum atomic E-state index is 11.5. The fourth-order valence-electron chi connectivity index (χ4n) is 1.28. The van der Waals surface area contributed by atoms with Gasteiger partial charge in [-0.15, -0.1) is 0 Å². The number of aliphatic hydroxyl groups excluding tert-OH is 1. The van der Waals surface area contributed by atoms with E-state index in [0.717, 1.165) is 0 Å². The topological polar surface area (TPSA) is 95.9 Å². The highest BCUT2D eigenvalue weighted by molar-refractivity contribution is 6.30. The van der Waals surface area contributed by atoms with Gasteiger partial charge in [-0.2, -0.15) is 0 Å². The van der Waals surface area contributed by atoms with Crippen LogP contribution in [0.3, 0.4) is 0 Å². The van der Waals surface area contributed by atoms with Crippen LogP contribution in [-0.2, 0) is 9.59 Å². The third kappa shape index (κ3) is 5.15. The first-order chi connectivity index (χ1) is 8.90. The molecule has 104 valence electrons. The molecule has 0 bridgehead atoms. The van der Waals surface area contributed by atoms with Gasteiger partial charge in [0.1, 0.15) is 5.75 Å². The Hall–Kier alpha value is -1.79. The standard InChI is InChI=1S/C12H14ClNO5/c1-7(15)11(12(17)18)14-10(16)6-19-9-4-2-8(13)3-5-9/h2-5,7,11,15H,6H2,1H3,(H,14,16)(H,17,18). The van der Waals surface area contributed by atoms with Crippen molar-refractivity contribution < 1.29 is 24.5 Å². The Kier molecular flexibility index (Phi) is 5.59. The molecule has 0 aromatic heterocycles. The number of benzene rings is 1. The Morgan fingerprint density at radius 1 is 1.37 bits per heavy atom. The van der Waals surface area contributed by atoms with E-state index in [9.17, 15) is 14.7 Å². The summed E-state index contributed by atoms with van der Waals surface area (Å²) in [5, 5.41) is 20.7. The average molecular weight is 288 g/mol. The van der Waals surface area contributed by atoms with Crippen molar-refractivity contribution in [3.8, 4) is 5.75 Å². The number of nitrogens with one attached hydrogen (secondary N) is 1. The average Bonchev–Trinajstić information content (AvgIpc) is 2.34. The van der Waals surface area contributed by atoms with Crippen LogP contribution in [0.1, 0.15) is 6.92 Å². The third-order valence-corrected chi connectivity index (χ3v) is 2.50. The van der Waals surface area contributed by atoms with Crippen molar-refractivity contribution in [3.63, 3.8) is 0 Å². The fraction of sp³-hybridized carbons (Fsp3) is 0.333. The number of hydrogen-bond acceptors (Lipinski definition) is 4. The number of carbonyl (C=O) groups excluding carboxylic acids is 1. The van der Waals surface area contributed by atoms with Crippen molar-refractivity contribution in [1.82, 2.24) is 5.32 Å². The summed E-state index contributed by atoms with van der Waals surface area (Å²) in [6, 6.07) is 5.01. The van der Waals surface area contributed by atoms with Crippen LogP contribution >= 0.6 is 11.6 Å². The molecule has 3 N–H and O–H groups in total. The number of rotatable bonds is 6. The van der Waals surface area contributed by atoms with Gasteiger partial charge in [0.25, 0.3) is 5.91 Å². The quantitative estimate of drug-likeness (QED) is 0.715. The highest BCUT2D eigenvalue weighted by Gasteiger charge is 2.24. The number of carboxylic acids is 1. The summed E-state index contributed by atoms with van der Waals surface area (Å²) in [5.74, 6) is -1.51. The molecule has 0 saturated heterocycles. The van der Waals surface area contributed by atoms with Crippen molar-refractivity contribution in [3.05, 3.63) is 29.3 Å². The Bertz CT molecular complexity index is 446. The fourth-order valence-corrected chi connectivity index (χ4v) is 1.41. The lowest BCUT2D eigenvalue weighted by Crippen LogP contribution is -2.49. The molecule has 0 aliphatic rings. The molecular weight excluding hydrogens is 274 g/mol. The van der Waals surface area contributed by atoms with Crippen LogP contribution in [0, 0.1) is 0 Å². The minimum Gasteiger partial charge on any atom is -0.484 e. The molecule has 0 fully saturated rings. The lowest BCUT2D eigenvalue weighted by Gasteiger charge is -2.17. The van der Waals surface area contributed by atoms with Gasteiger partial charge in [0.15, 0.2) is 12.6 Å². The molecule has 1 aromatic rings. The molecule has 0 radical (unpaired) electrons. The number of carboxylic acid groups (broad SMARTS) is 1. The number of amides is 1. The zero-order valence-corrected chi connectivity index (χ0v) is 10.9. The van der Waals surface area contributed by atoms with Crippen LogP contribution in [0.25, 0.3) is 0 Å². The third-order valence-electron chi connectivity index (χ3n) is 2.25. The van der Waals surface area contributed by atoms with E-state index in [1.165, 1.54) is 6.92 Å². The van der Waals surface area contributed by atoms with Gasteiger partial charge in [-0.05, 0) is 31.2 Å². The minimum atomic E-state index is -1.36. The van der Waals surface area contributed by atoms with Crippen LogP contribution in [0.5, 0.6) is 5.75 Å². The van der Waals surface area contributed by atoms with E-state index < -0.39 is 24.0 Å². The van der Waals surface area contributed by atoms with E-state index in [4.69, 9.17) is 21.4 Å². The molecule has 19 heavy (non-hydrogen) atoms. The molecule has 0 aliphatic carbocycles. The molecule has 0 saturated carbocycles. The number of aliphatic carboxylic acids is 1. The largest absolute Gasteiger partial charge is 0.484 e. The van der Waals surface area contributed by atoms with Crippen molar-refractivity contribution >= 4 is 23.5 Å². The van der Waals surface area contributed by atoms with Crippen LogP contribution in [0.2, 0.25) is 5.02 Å². The highest BCUT2D eigenvalue weighted by atomic mass is 35.5. The van der Waals surface area contributed by atoms with Gasteiger partial charge >= 0.3 is 5.97 Å². The molecule has 0 spiro atoms. The van der Waals surface area contributed by atoms with Crippen LogP contribution < -0.4 is 10.1 Å². The summed E-state index contributed by atoms with van der Waals surface area (Å²) >= 11 is 5.69. The number of ether oxygens (including phenoxy) is 1. The Morgan fingerprint density at radius 3 is 2.42 bits per heavy atom. The molecule has 0 heterocycles. The van der Waals surface area contributed by atoms with E-state index in [1.54, 1.807) is 24.3 Å². The molecule has 1 amide bonds. The molecule has 6 nitrogen and oxygen atoms in total. The normalized spacial score (nSPS) is 13.4. The maximum Gasteiger partial charge on any atom is 0.328 e. The zero-order chi connectivity index (χ0) is 14.4. The number of carbonyl (C=O) groups is 2. The summed E-state index contributed by atoms with van der Waals surface area (Å²) in [4.78, 5) is 22.2. The van der Waals surface area contributed by atoms with Crippen LogP contribution in [0.15, 0.2) is 24.3 Å². The maximum absolute atomic E-state index is 11.5. The van der Waals surface area contributed by atoms with Crippen LogP contribution in [-0.4, -0.2) is 40.8 Å². The summed E-state index contributed by atoms with van der Waals surface area (Å²) in [5.41, 5.74) is 0. The van der Waals surface area contributed by atoms with Crippen molar-refractivity contribution in [2.75, 3.05) is 6.61 Å². The molecule has 7 heteroatoms. The van der Waals surface area contributed by atoms with Crippen molar-refractivity contribution in [2.45, 2.75) is 19.1 Å². The lowest BCUT2D eigenvalue weighted by molar-refractivity contribution is -0.145. The molecular formula is C12H14ClNO5. The second kappa shape index (κ2) is 6.96. The Balaban J connectivity index is 2.47. The molecule has 1 aromatic carbocycles. The summed E-state index contributed by atoms with van der Waals surface area (Å²) in [6.45, 7) is 0.928. The number of hydrogen-bond donors (Lipinski definition) is 3. The first-order valence-corrected chi connectivity index (χ1v) is 5.86. The van der Waals surface area contributed by atoms with Crippen molar-refractivity contribution in [1.29, 1.82) is 0 Å². The van der Waals surface area contributed by atoms with E-state index >= 15 is 0 Å². The predicted octanol–water partition coefficient (Wildman–Crippen LogP) is 0.669. The Morgan fingerprint density at radius 2 is 1.95 bits per heavy atom. The minimum absolute atomic E-state index is 0.349.